The first-order valence-electron chi connectivity index (χ1n) is 17.2. The molecule has 0 aromatic heterocycles. The zero-order valence-corrected chi connectivity index (χ0v) is 30.2. The molecule has 1 aliphatic heterocycles. The van der Waals surface area contributed by atoms with Gasteiger partial charge in [0.25, 0.3) is 0 Å². The number of aliphatic hydroxyl groups is 2. The summed E-state index contributed by atoms with van der Waals surface area (Å²) in [4.78, 5) is 32.5. The molecule has 1 saturated heterocycles. The Morgan fingerprint density at radius 2 is 1.96 bits per heavy atom. The summed E-state index contributed by atoms with van der Waals surface area (Å²) < 4.78 is 5.49. The first-order valence-corrected chi connectivity index (χ1v) is 17.2. The third kappa shape index (κ3) is 9.57. The molecule has 10 heteroatoms. The molecular weight excluding hydrogens is 610 g/mol. The number of rotatable bonds is 17. The van der Waals surface area contributed by atoms with E-state index in [9.17, 15) is 19.8 Å². The fourth-order valence-corrected chi connectivity index (χ4v) is 7.72. The molecule has 3 aliphatic carbocycles. The highest BCUT2D eigenvalue weighted by atomic mass is 16.7. The van der Waals surface area contributed by atoms with Crippen LogP contribution in [0.1, 0.15) is 60.8 Å². The number of aliphatic hydroxyl groups excluding tert-OH is 2. The molecule has 4 aliphatic rings. The number of methoxy groups -OCH3 is 1. The third-order valence-electron chi connectivity index (χ3n) is 10.7. The molecule has 1 heterocycles. The van der Waals surface area contributed by atoms with Crippen LogP contribution >= 0.6 is 0 Å². The van der Waals surface area contributed by atoms with Gasteiger partial charge in [-0.1, -0.05) is 57.2 Å². The lowest BCUT2D eigenvalue weighted by molar-refractivity contribution is -0.177. The van der Waals surface area contributed by atoms with Crippen LogP contribution in [0, 0.1) is 29.1 Å². The Morgan fingerprint density at radius 3 is 2.50 bits per heavy atom. The van der Waals surface area contributed by atoms with Gasteiger partial charge in [0, 0.05) is 32.7 Å². The number of aliphatic carboxylic acids is 1. The van der Waals surface area contributed by atoms with E-state index in [4.69, 9.17) is 14.7 Å². The van der Waals surface area contributed by atoms with Crippen LogP contribution in [0.25, 0.3) is 0 Å². The van der Waals surface area contributed by atoms with Gasteiger partial charge in [-0.15, -0.1) is 0 Å². The van der Waals surface area contributed by atoms with Gasteiger partial charge in [-0.2, -0.15) is 5.06 Å². The van der Waals surface area contributed by atoms with Crippen LogP contribution in [0.5, 0.6) is 0 Å². The number of fused-ring (bicyclic) bond motifs is 2. The molecule has 268 valence electrons. The van der Waals surface area contributed by atoms with Crippen LogP contribution in [0.2, 0.25) is 0 Å². The lowest BCUT2D eigenvalue weighted by Gasteiger charge is -2.62. The van der Waals surface area contributed by atoms with Crippen molar-refractivity contribution in [2.75, 3.05) is 40.5 Å². The van der Waals surface area contributed by atoms with Gasteiger partial charge in [-0.25, -0.2) is 0 Å². The lowest BCUT2D eigenvalue weighted by atomic mass is 9.45. The number of allylic oxidation sites excluding steroid dienone is 7. The monoisotopic (exact) mass is 669 g/mol. The van der Waals surface area contributed by atoms with E-state index in [0.29, 0.717) is 42.7 Å². The second kappa shape index (κ2) is 17.6. The minimum Gasteiger partial charge on any atom is -0.480 e. The predicted molar refractivity (Wildman–Crippen MR) is 188 cm³/mol. The Labute approximate surface area is 287 Å². The maximum absolute atomic E-state index is 13.8. The second-order valence-electron chi connectivity index (χ2n) is 14.4. The number of nitrogens with zero attached hydrogens (tertiary/aromatic N) is 2. The molecule has 0 unspecified atom stereocenters. The number of carbonyl (C=O) groups excluding carboxylic acids is 1. The van der Waals surface area contributed by atoms with Crippen molar-refractivity contribution < 1.29 is 34.5 Å². The number of amides is 1. The maximum atomic E-state index is 13.8. The van der Waals surface area contributed by atoms with Crippen LogP contribution in [0.3, 0.4) is 0 Å². The number of carboxylic acid groups (broad SMARTS) is 1. The molecule has 4 N–H and O–H groups in total. The van der Waals surface area contributed by atoms with Gasteiger partial charge < -0.3 is 30.3 Å². The zero-order chi connectivity index (χ0) is 35.8. The fourth-order valence-electron chi connectivity index (χ4n) is 7.72. The summed E-state index contributed by atoms with van der Waals surface area (Å²) in [5, 5.41) is 34.8. The summed E-state index contributed by atoms with van der Waals surface area (Å²) in [6, 6.07) is -0.624. The van der Waals surface area contributed by atoms with E-state index < -0.39 is 30.1 Å². The molecule has 2 bridgehead atoms. The fraction of sp³-hybridized carbons (Fsp3) is 0.632. The van der Waals surface area contributed by atoms with Crippen LogP contribution in [0.4, 0.5) is 0 Å². The van der Waals surface area contributed by atoms with Gasteiger partial charge in [0.05, 0.1) is 19.3 Å². The molecule has 0 aromatic carbocycles. The topological polar surface area (TPSA) is 132 Å². The quantitative estimate of drug-likeness (QED) is 0.164. The molecule has 4 rings (SSSR count). The Kier molecular flexibility index (Phi) is 14.4. The smallest absolute Gasteiger partial charge is 0.323 e. The number of carbonyl (C=O) groups is 2. The number of hydroxylamine groups is 2. The van der Waals surface area contributed by atoms with Crippen molar-refractivity contribution in [3.05, 3.63) is 71.5 Å². The maximum Gasteiger partial charge on any atom is 0.323 e. The molecule has 0 spiro atoms. The Balaban J connectivity index is 1.72. The van der Waals surface area contributed by atoms with Gasteiger partial charge >= 0.3 is 5.97 Å². The van der Waals surface area contributed by atoms with Crippen molar-refractivity contribution in [2.24, 2.45) is 29.1 Å². The van der Waals surface area contributed by atoms with Crippen molar-refractivity contribution in [2.45, 2.75) is 85.1 Å². The highest BCUT2D eigenvalue weighted by Crippen LogP contribution is 2.61. The van der Waals surface area contributed by atoms with Crippen LogP contribution in [-0.4, -0.2) is 102 Å². The van der Waals surface area contributed by atoms with Crippen molar-refractivity contribution in [1.82, 2.24) is 15.3 Å². The normalized spacial score (nSPS) is 30.0. The van der Waals surface area contributed by atoms with Gasteiger partial charge in [0.1, 0.15) is 18.7 Å². The molecule has 48 heavy (non-hydrogen) atoms. The van der Waals surface area contributed by atoms with E-state index in [0.717, 1.165) is 28.7 Å². The van der Waals surface area contributed by atoms with Crippen molar-refractivity contribution in [1.29, 1.82) is 0 Å². The number of hydrogen-bond donors (Lipinski definition) is 4. The van der Waals surface area contributed by atoms with Gasteiger partial charge in [-0.05, 0) is 98.3 Å². The summed E-state index contributed by atoms with van der Waals surface area (Å²) in [6.45, 7) is 16.9. The first-order chi connectivity index (χ1) is 22.7. The SMILES string of the molecule is C=C(C)C(/C=C/N(C)CC(=O)O)=C/C(=C\C)C(=C/C=C\CCN1O[C@@H](CO)[C@@H]([C@H](C)O)[C@H]1C(=O)N[C@H]1C[C@H]2C[C@@H]([C@@H]1C)C2(C)C)/COC. The minimum atomic E-state index is -0.908. The molecule has 4 fully saturated rings. The largest absolute Gasteiger partial charge is 0.480 e. The van der Waals surface area contributed by atoms with Crippen molar-refractivity contribution in [3.8, 4) is 0 Å². The number of nitrogens with one attached hydrogen (secondary N) is 1. The summed E-state index contributed by atoms with van der Waals surface area (Å²) in [7, 11) is 3.34. The van der Waals surface area contributed by atoms with Crippen LogP contribution in [0.15, 0.2) is 71.5 Å². The number of ether oxygens (including phenoxy) is 1. The number of hydrogen-bond acceptors (Lipinski definition) is 8. The second-order valence-corrected chi connectivity index (χ2v) is 14.4. The molecular formula is C38H59N3O7. The van der Waals surface area contributed by atoms with Crippen LogP contribution in [-0.2, 0) is 19.2 Å². The molecule has 1 amide bonds. The summed E-state index contributed by atoms with van der Waals surface area (Å²) in [5.41, 5.74) is 3.88. The van der Waals surface area contributed by atoms with E-state index >= 15 is 0 Å². The summed E-state index contributed by atoms with van der Waals surface area (Å²) >= 11 is 0. The van der Waals surface area contributed by atoms with E-state index in [1.165, 1.54) is 6.42 Å². The van der Waals surface area contributed by atoms with E-state index in [1.807, 2.05) is 50.3 Å². The molecule has 0 radical (unpaired) electrons. The van der Waals surface area contributed by atoms with Crippen molar-refractivity contribution in [3.63, 3.8) is 0 Å². The number of likely N-dealkylation sites (N-methyl/N-ethyl adjacent to an activating group) is 1. The third-order valence-corrected chi connectivity index (χ3v) is 10.7. The average molecular weight is 670 g/mol. The standard InChI is InChI=1S/C38H59N3O7/c1-10-27(18-28(24(2)3)15-17-40(8)21-34(44)45)29(23-47-9)14-12-11-13-16-41-36(35(26(5)43)33(22-42)48-41)37(46)39-32-20-30-19-31(25(32)4)38(30,6)7/h10-12,14-15,17-18,25-26,30-33,35-36,42-43H,2,13,16,19-23H2,1,3-9H3,(H,39,46)(H,44,45)/b12-11-,17-15+,27-10+,28-18+,29-14+/t25-,26-,30+,31-,32-,33-,35+,36-/m0/s1. The Morgan fingerprint density at radius 1 is 1.25 bits per heavy atom. The van der Waals surface area contributed by atoms with E-state index in [-0.39, 0.29) is 25.1 Å². The Bertz CT molecular complexity index is 1300. The molecule has 0 aromatic rings. The van der Waals surface area contributed by atoms with E-state index in [1.54, 1.807) is 37.2 Å². The predicted octanol–water partition coefficient (Wildman–Crippen LogP) is 4.65. The molecule has 10 nitrogen and oxygen atoms in total. The van der Waals surface area contributed by atoms with Gasteiger partial charge in [-0.3, -0.25) is 14.4 Å². The summed E-state index contributed by atoms with van der Waals surface area (Å²) in [5.74, 6) is -0.0512. The van der Waals surface area contributed by atoms with Crippen molar-refractivity contribution >= 4 is 11.9 Å². The molecule has 3 saturated carbocycles. The number of carboxylic acids is 1. The summed E-state index contributed by atoms with van der Waals surface area (Å²) in [6.07, 6.45) is 14.7. The zero-order valence-electron chi connectivity index (χ0n) is 30.2. The highest BCUT2D eigenvalue weighted by Gasteiger charge is 2.57. The van der Waals surface area contributed by atoms with E-state index in [2.05, 4.69) is 32.7 Å². The average Bonchev–Trinajstić information content (AvgIpc) is 3.40. The minimum absolute atomic E-state index is 0.0876. The van der Waals surface area contributed by atoms with Gasteiger partial charge in [0.15, 0.2) is 0 Å². The highest BCUT2D eigenvalue weighted by molar-refractivity contribution is 5.82. The first kappa shape index (κ1) is 39.4. The lowest BCUT2D eigenvalue weighted by Crippen LogP contribution is -2.62. The Hall–Kier alpha value is -3.02. The molecule has 8 atom stereocenters. The van der Waals surface area contributed by atoms with Crippen LogP contribution < -0.4 is 5.32 Å². The van der Waals surface area contributed by atoms with Gasteiger partial charge in [0.2, 0.25) is 5.91 Å².